The van der Waals surface area contributed by atoms with Crippen molar-refractivity contribution in [1.82, 2.24) is 0 Å². The van der Waals surface area contributed by atoms with Gasteiger partial charge in [-0.05, 0) is 0 Å². The standard InChI is InChI=1S/C18H24.2ClH.Ti/c1-5-15-9-13(3)17(11-15)7-8-18-12-16(6-2)10-14(18)4;;;/h11-12,15-16H,5-8H2,1-4H3;2*1H;/q-2;;;+4/p-2. The van der Waals surface area contributed by atoms with E-state index in [2.05, 4.69) is 52.0 Å². The van der Waals surface area contributed by atoms with Gasteiger partial charge in [0.2, 0.25) is 0 Å². The van der Waals surface area contributed by atoms with Crippen LogP contribution in [-0.4, -0.2) is 0 Å². The molecule has 2 aliphatic carbocycles. The van der Waals surface area contributed by atoms with Gasteiger partial charge in [0.25, 0.3) is 0 Å². The first-order valence-electron chi connectivity index (χ1n) is 7.26. The molecule has 0 fully saturated rings. The van der Waals surface area contributed by atoms with Crippen molar-refractivity contribution >= 4 is 0 Å². The number of allylic oxidation sites excluding steroid dienone is 8. The first-order chi connectivity index (χ1) is 8.63. The van der Waals surface area contributed by atoms with Crippen molar-refractivity contribution in [3.63, 3.8) is 0 Å². The summed E-state index contributed by atoms with van der Waals surface area (Å²) in [5.74, 6) is 1.12. The summed E-state index contributed by atoms with van der Waals surface area (Å²) in [7, 11) is 0. The molecule has 0 spiro atoms. The van der Waals surface area contributed by atoms with E-state index in [0.717, 1.165) is 12.8 Å². The van der Waals surface area contributed by atoms with Gasteiger partial charge in [0, 0.05) is 0 Å². The summed E-state index contributed by atoms with van der Waals surface area (Å²) in [6.45, 7) is 8.87. The van der Waals surface area contributed by atoms with Crippen LogP contribution in [0.15, 0.2) is 34.4 Å². The fourth-order valence-electron chi connectivity index (χ4n) is 2.81. The smallest absolute Gasteiger partial charge is 1.00 e. The fourth-order valence-corrected chi connectivity index (χ4v) is 2.81. The Kier molecular flexibility index (Phi) is 12.2. The molecule has 0 aromatic rings. The monoisotopic (exact) mass is 358 g/mol. The van der Waals surface area contributed by atoms with E-state index in [1.807, 2.05) is 0 Å². The van der Waals surface area contributed by atoms with Gasteiger partial charge in [0.05, 0.1) is 0 Å². The van der Waals surface area contributed by atoms with Crippen LogP contribution in [0.25, 0.3) is 0 Å². The Labute approximate surface area is 157 Å². The minimum absolute atomic E-state index is 0. The maximum absolute atomic E-state index is 3.54. The van der Waals surface area contributed by atoms with E-state index >= 15 is 0 Å². The molecule has 114 valence electrons. The van der Waals surface area contributed by atoms with E-state index in [1.165, 1.54) is 35.1 Å². The second-order valence-corrected chi connectivity index (χ2v) is 5.45. The van der Waals surface area contributed by atoms with Gasteiger partial charge < -0.3 is 24.8 Å². The van der Waals surface area contributed by atoms with Crippen molar-refractivity contribution < 1.29 is 46.5 Å². The number of hydrogen-bond acceptors (Lipinski definition) is 0. The zero-order valence-electron chi connectivity index (χ0n) is 13.4. The largest absolute Gasteiger partial charge is 4.00 e. The molecule has 2 unspecified atom stereocenters. The van der Waals surface area contributed by atoms with Gasteiger partial charge in [0.15, 0.2) is 0 Å². The first-order valence-corrected chi connectivity index (χ1v) is 7.26. The molecule has 0 radical (unpaired) electrons. The molecule has 0 heterocycles. The second-order valence-electron chi connectivity index (χ2n) is 5.45. The number of rotatable bonds is 5. The van der Waals surface area contributed by atoms with Gasteiger partial charge in [-0.25, -0.2) is 11.1 Å². The molecule has 0 saturated heterocycles. The van der Waals surface area contributed by atoms with E-state index in [1.54, 1.807) is 0 Å². The molecule has 2 aliphatic rings. The summed E-state index contributed by atoms with van der Waals surface area (Å²) >= 11 is 0. The summed E-state index contributed by atoms with van der Waals surface area (Å²) in [5.41, 5.74) is 5.77. The Balaban J connectivity index is 0. The Morgan fingerprint density at radius 3 is 1.38 bits per heavy atom. The Morgan fingerprint density at radius 1 is 0.810 bits per heavy atom. The van der Waals surface area contributed by atoms with Crippen LogP contribution in [0.3, 0.4) is 0 Å². The van der Waals surface area contributed by atoms with Crippen LogP contribution in [0, 0.1) is 24.0 Å². The summed E-state index contributed by atoms with van der Waals surface area (Å²) in [6.07, 6.45) is 16.6. The van der Waals surface area contributed by atoms with Crippen LogP contribution < -0.4 is 24.8 Å². The molecule has 0 N–H and O–H groups in total. The van der Waals surface area contributed by atoms with Crippen LogP contribution in [0.4, 0.5) is 0 Å². The third-order valence-corrected chi connectivity index (χ3v) is 4.12. The average Bonchev–Trinajstić information content (AvgIpc) is 2.90. The summed E-state index contributed by atoms with van der Waals surface area (Å²) in [5, 5.41) is 0. The van der Waals surface area contributed by atoms with E-state index in [0.29, 0.717) is 11.8 Å². The predicted octanol–water partition coefficient (Wildman–Crippen LogP) is -0.797. The Morgan fingerprint density at radius 2 is 1.14 bits per heavy atom. The molecule has 0 aliphatic heterocycles. The Bertz CT molecular complexity index is 402. The third kappa shape index (κ3) is 6.10. The van der Waals surface area contributed by atoms with Crippen molar-refractivity contribution in [1.29, 1.82) is 0 Å². The van der Waals surface area contributed by atoms with Crippen molar-refractivity contribution in [2.24, 2.45) is 11.8 Å². The molecule has 0 saturated carbocycles. The van der Waals surface area contributed by atoms with Gasteiger partial charge in [-0.2, -0.15) is 23.3 Å². The molecule has 0 nitrogen and oxygen atoms in total. The Hall–Kier alpha value is 0.254. The van der Waals surface area contributed by atoms with Crippen molar-refractivity contribution in [2.45, 2.75) is 53.4 Å². The normalized spacial score (nSPS) is 23.0. The molecule has 2 atom stereocenters. The zero-order valence-corrected chi connectivity index (χ0v) is 16.5. The van der Waals surface area contributed by atoms with E-state index in [9.17, 15) is 0 Å². The second kappa shape index (κ2) is 10.9. The van der Waals surface area contributed by atoms with Crippen LogP contribution >= 0.6 is 0 Å². The van der Waals surface area contributed by atoms with Gasteiger partial charge in [-0.3, -0.25) is 12.2 Å². The average molecular weight is 359 g/mol. The summed E-state index contributed by atoms with van der Waals surface area (Å²) in [4.78, 5) is 0. The predicted molar refractivity (Wildman–Crippen MR) is 77.8 cm³/mol. The van der Waals surface area contributed by atoms with Crippen LogP contribution in [0.1, 0.15) is 53.4 Å². The minimum atomic E-state index is 0. The van der Waals surface area contributed by atoms with Gasteiger partial charge in [-0.15, -0.1) is 12.8 Å². The first kappa shape index (κ1) is 23.5. The van der Waals surface area contributed by atoms with Gasteiger partial charge >= 0.3 is 21.7 Å². The SMILES string of the molecule is CCC1[C-]=C(C)C(CCC2=CC(CC)[C-]=C2C)=C1.[Cl-].[Cl-].[Ti+4]. The minimum Gasteiger partial charge on any atom is -1.00 e. The summed E-state index contributed by atoms with van der Waals surface area (Å²) < 4.78 is 0. The molecular weight excluding hydrogens is 335 g/mol. The molecule has 3 heteroatoms. The van der Waals surface area contributed by atoms with E-state index in [4.69, 9.17) is 0 Å². The quantitative estimate of drug-likeness (QED) is 0.446. The van der Waals surface area contributed by atoms with E-state index in [-0.39, 0.29) is 46.5 Å². The van der Waals surface area contributed by atoms with Crippen molar-refractivity contribution in [3.05, 3.63) is 46.6 Å². The summed E-state index contributed by atoms with van der Waals surface area (Å²) in [6, 6.07) is 0. The zero-order chi connectivity index (χ0) is 13.1. The van der Waals surface area contributed by atoms with Crippen LogP contribution in [-0.2, 0) is 21.7 Å². The number of hydrogen-bond donors (Lipinski definition) is 0. The number of halogens is 2. The van der Waals surface area contributed by atoms with Gasteiger partial charge in [0.1, 0.15) is 0 Å². The van der Waals surface area contributed by atoms with Crippen LogP contribution in [0.5, 0.6) is 0 Å². The molecule has 0 aromatic carbocycles. The van der Waals surface area contributed by atoms with Crippen LogP contribution in [0.2, 0.25) is 0 Å². The molecule has 0 bridgehead atoms. The van der Waals surface area contributed by atoms with E-state index < -0.39 is 0 Å². The molecule has 0 aromatic heterocycles. The molecular formula is C18H24Cl2Ti. The molecule has 2 rings (SSSR count). The molecule has 0 amide bonds. The molecule has 21 heavy (non-hydrogen) atoms. The van der Waals surface area contributed by atoms with Crippen molar-refractivity contribution in [2.75, 3.05) is 0 Å². The topological polar surface area (TPSA) is 0 Å². The maximum Gasteiger partial charge on any atom is 4.00 e. The van der Waals surface area contributed by atoms with Crippen molar-refractivity contribution in [3.8, 4) is 0 Å². The van der Waals surface area contributed by atoms with Gasteiger partial charge in [-0.1, -0.05) is 52.4 Å². The maximum atomic E-state index is 3.54. The third-order valence-electron chi connectivity index (χ3n) is 4.12. The fraction of sp³-hybridized carbons (Fsp3) is 0.556.